The number of rotatable bonds is 2. The molecule has 0 aliphatic heterocycles. The number of halogens is 2. The highest BCUT2D eigenvalue weighted by atomic mass is 32.2. The third-order valence-electron chi connectivity index (χ3n) is 1.41. The third kappa shape index (κ3) is 3.13. The Hall–Kier alpha value is -0.920. The number of sulfonamides is 1. The smallest absolute Gasteiger partial charge is 0.328 e. The van der Waals surface area contributed by atoms with Crippen LogP contribution >= 0.6 is 0 Å². The summed E-state index contributed by atoms with van der Waals surface area (Å²) in [6.45, 7) is 0. The van der Waals surface area contributed by atoms with E-state index in [2.05, 4.69) is 0 Å². The Morgan fingerprint density at radius 1 is 1.54 bits per heavy atom. The third-order valence-corrected chi connectivity index (χ3v) is 1.97. The number of alkyl halides is 2. The fraction of sp³-hybridized carbons (Fsp3) is 0.800. The first-order valence-corrected chi connectivity index (χ1v) is 5.26. The van der Waals surface area contributed by atoms with E-state index in [-0.39, 0.29) is 0 Å². The molecule has 1 aliphatic carbocycles. The SMILES string of the molecule is CS(=O)(=O)NC(=O)NC1CC1(F)F. The van der Waals surface area contributed by atoms with Gasteiger partial charge in [-0.15, -0.1) is 0 Å². The molecule has 0 saturated heterocycles. The van der Waals surface area contributed by atoms with Crippen LogP contribution in [-0.4, -0.2) is 32.7 Å². The molecule has 1 saturated carbocycles. The van der Waals surface area contributed by atoms with E-state index < -0.39 is 34.4 Å². The van der Waals surface area contributed by atoms with E-state index in [1.54, 1.807) is 0 Å². The van der Waals surface area contributed by atoms with E-state index in [1.165, 1.54) is 4.72 Å². The van der Waals surface area contributed by atoms with Crippen molar-refractivity contribution in [2.24, 2.45) is 0 Å². The van der Waals surface area contributed by atoms with Gasteiger partial charge in [-0.2, -0.15) is 0 Å². The fourth-order valence-corrected chi connectivity index (χ4v) is 1.12. The zero-order valence-corrected chi connectivity index (χ0v) is 7.49. The molecule has 0 aromatic heterocycles. The van der Waals surface area contributed by atoms with Crippen molar-refractivity contribution in [3.05, 3.63) is 0 Å². The van der Waals surface area contributed by atoms with Crippen LogP contribution in [0.15, 0.2) is 0 Å². The van der Waals surface area contributed by atoms with Gasteiger partial charge in [0, 0.05) is 6.42 Å². The van der Waals surface area contributed by atoms with Crippen LogP contribution in [0.5, 0.6) is 0 Å². The van der Waals surface area contributed by atoms with Crippen LogP contribution in [0.25, 0.3) is 0 Å². The van der Waals surface area contributed by atoms with Crippen molar-refractivity contribution in [3.63, 3.8) is 0 Å². The van der Waals surface area contributed by atoms with Crippen molar-refractivity contribution >= 4 is 16.1 Å². The summed E-state index contributed by atoms with van der Waals surface area (Å²) in [5.74, 6) is -2.89. The van der Waals surface area contributed by atoms with Gasteiger partial charge in [0.15, 0.2) is 0 Å². The molecular weight excluding hydrogens is 206 g/mol. The first-order valence-electron chi connectivity index (χ1n) is 3.37. The highest BCUT2D eigenvalue weighted by Crippen LogP contribution is 2.41. The molecule has 5 nitrogen and oxygen atoms in total. The minimum absolute atomic E-state index is 0.440. The van der Waals surface area contributed by atoms with Gasteiger partial charge in [-0.05, 0) is 0 Å². The normalized spacial score (nSPS) is 25.0. The standard InChI is InChI=1S/C5H8F2N2O3S/c1-13(11,12)9-4(10)8-3-2-5(3,6)7/h3H,2H2,1H3,(H2,8,9,10). The monoisotopic (exact) mass is 214 g/mol. The number of nitrogens with one attached hydrogen (secondary N) is 2. The predicted octanol–water partition coefficient (Wildman–Crippen LogP) is -0.347. The Balaban J connectivity index is 2.36. The number of amides is 2. The minimum atomic E-state index is -3.69. The number of hydrogen-bond donors (Lipinski definition) is 2. The van der Waals surface area contributed by atoms with Crippen molar-refractivity contribution < 1.29 is 22.0 Å². The molecule has 13 heavy (non-hydrogen) atoms. The molecule has 1 rings (SSSR count). The highest BCUT2D eigenvalue weighted by molar-refractivity contribution is 7.89. The van der Waals surface area contributed by atoms with Crippen LogP contribution in [0.4, 0.5) is 13.6 Å². The largest absolute Gasteiger partial charge is 0.328 e. The molecule has 8 heteroatoms. The van der Waals surface area contributed by atoms with E-state index in [0.717, 1.165) is 6.26 Å². The maximum atomic E-state index is 12.2. The van der Waals surface area contributed by atoms with E-state index in [1.807, 2.05) is 5.32 Å². The van der Waals surface area contributed by atoms with E-state index in [4.69, 9.17) is 0 Å². The Kier molecular flexibility index (Phi) is 2.18. The molecule has 2 N–H and O–H groups in total. The lowest BCUT2D eigenvalue weighted by Crippen LogP contribution is -2.41. The lowest BCUT2D eigenvalue weighted by Gasteiger charge is -2.03. The maximum Gasteiger partial charge on any atom is 0.328 e. The van der Waals surface area contributed by atoms with Crippen LogP contribution in [0.3, 0.4) is 0 Å². The lowest BCUT2D eigenvalue weighted by atomic mass is 10.7. The Morgan fingerprint density at radius 3 is 2.31 bits per heavy atom. The van der Waals surface area contributed by atoms with E-state index in [0.29, 0.717) is 0 Å². The predicted molar refractivity (Wildman–Crippen MR) is 39.9 cm³/mol. The molecule has 0 bridgehead atoms. The summed E-state index contributed by atoms with van der Waals surface area (Å²) in [6.07, 6.45) is 0.321. The molecule has 1 atom stereocenters. The summed E-state index contributed by atoms with van der Waals surface area (Å²) in [5.41, 5.74) is 0. The van der Waals surface area contributed by atoms with Gasteiger partial charge in [0.05, 0.1) is 6.26 Å². The Labute approximate surface area is 73.5 Å². The van der Waals surface area contributed by atoms with Gasteiger partial charge in [0.1, 0.15) is 6.04 Å². The molecule has 1 fully saturated rings. The van der Waals surface area contributed by atoms with Gasteiger partial charge in [-0.1, -0.05) is 0 Å². The van der Waals surface area contributed by atoms with Crippen molar-refractivity contribution in [3.8, 4) is 0 Å². The summed E-state index contributed by atoms with van der Waals surface area (Å²) < 4.78 is 46.8. The molecule has 2 amide bonds. The summed E-state index contributed by atoms with van der Waals surface area (Å²) in [5, 5.41) is 1.82. The van der Waals surface area contributed by atoms with Crippen LogP contribution in [0.1, 0.15) is 6.42 Å². The minimum Gasteiger partial charge on any atom is -0.328 e. The van der Waals surface area contributed by atoms with Crippen molar-refractivity contribution in [1.82, 2.24) is 10.0 Å². The zero-order chi connectivity index (χ0) is 10.3. The molecule has 0 radical (unpaired) electrons. The molecule has 0 spiro atoms. The molecular formula is C5H8F2N2O3S. The second-order valence-electron chi connectivity index (χ2n) is 2.87. The first-order chi connectivity index (χ1) is 5.71. The highest BCUT2D eigenvalue weighted by Gasteiger charge is 2.58. The zero-order valence-electron chi connectivity index (χ0n) is 6.67. The molecule has 0 aromatic carbocycles. The molecule has 0 heterocycles. The van der Waals surface area contributed by atoms with Crippen molar-refractivity contribution in [2.75, 3.05) is 6.26 Å². The molecule has 0 aromatic rings. The van der Waals surface area contributed by atoms with Crippen molar-refractivity contribution in [1.29, 1.82) is 0 Å². The summed E-state index contributed by atoms with van der Waals surface area (Å²) in [4.78, 5) is 10.7. The fourth-order valence-electron chi connectivity index (χ4n) is 0.726. The van der Waals surface area contributed by atoms with Crippen LogP contribution in [-0.2, 0) is 10.0 Å². The van der Waals surface area contributed by atoms with Gasteiger partial charge in [0.2, 0.25) is 10.0 Å². The number of urea groups is 1. The molecule has 76 valence electrons. The average Bonchev–Trinajstić information content (AvgIpc) is 2.32. The summed E-state index contributed by atoms with van der Waals surface area (Å²) in [6, 6.07) is -2.36. The first kappa shape index (κ1) is 10.2. The lowest BCUT2D eigenvalue weighted by molar-refractivity contribution is 0.107. The van der Waals surface area contributed by atoms with Crippen LogP contribution in [0.2, 0.25) is 0 Å². The van der Waals surface area contributed by atoms with Gasteiger partial charge in [0.25, 0.3) is 5.92 Å². The average molecular weight is 214 g/mol. The van der Waals surface area contributed by atoms with Gasteiger partial charge in [-0.25, -0.2) is 26.7 Å². The van der Waals surface area contributed by atoms with Gasteiger partial charge < -0.3 is 5.32 Å². The van der Waals surface area contributed by atoms with E-state index in [9.17, 15) is 22.0 Å². The second-order valence-corrected chi connectivity index (χ2v) is 4.61. The van der Waals surface area contributed by atoms with Crippen molar-refractivity contribution in [2.45, 2.75) is 18.4 Å². The summed E-state index contributed by atoms with van der Waals surface area (Å²) in [7, 11) is -3.69. The molecule has 1 unspecified atom stereocenters. The second kappa shape index (κ2) is 2.79. The topological polar surface area (TPSA) is 75.3 Å². The Morgan fingerprint density at radius 2 is 2.00 bits per heavy atom. The number of carbonyl (C=O) groups is 1. The quantitative estimate of drug-likeness (QED) is 0.660. The van der Waals surface area contributed by atoms with Gasteiger partial charge >= 0.3 is 6.03 Å². The summed E-state index contributed by atoms with van der Waals surface area (Å²) >= 11 is 0. The number of hydrogen-bond acceptors (Lipinski definition) is 3. The maximum absolute atomic E-state index is 12.2. The Bertz CT molecular complexity index is 327. The van der Waals surface area contributed by atoms with Crippen LogP contribution in [0, 0.1) is 0 Å². The van der Waals surface area contributed by atoms with E-state index >= 15 is 0 Å². The van der Waals surface area contributed by atoms with Gasteiger partial charge in [-0.3, -0.25) is 0 Å². The molecule has 1 aliphatic rings. The van der Waals surface area contributed by atoms with Crippen LogP contribution < -0.4 is 10.0 Å². The number of carbonyl (C=O) groups excluding carboxylic acids is 1.